The van der Waals surface area contributed by atoms with Crippen molar-refractivity contribution in [2.75, 3.05) is 0 Å². The van der Waals surface area contributed by atoms with E-state index in [1.54, 1.807) is 6.92 Å². The lowest BCUT2D eigenvalue weighted by Crippen LogP contribution is -2.24. The van der Waals surface area contributed by atoms with E-state index in [9.17, 15) is 9.59 Å². The molecule has 104 valence electrons. The van der Waals surface area contributed by atoms with Gasteiger partial charge in [0.2, 0.25) is 0 Å². The molecule has 1 saturated carbocycles. The van der Waals surface area contributed by atoms with Crippen molar-refractivity contribution >= 4 is 5.97 Å². The van der Waals surface area contributed by atoms with Crippen LogP contribution in [0.25, 0.3) is 0 Å². The van der Waals surface area contributed by atoms with Gasteiger partial charge >= 0.3 is 5.97 Å². The van der Waals surface area contributed by atoms with Crippen LogP contribution in [0, 0.1) is 12.8 Å². The Morgan fingerprint density at radius 2 is 2.00 bits per heavy atom. The zero-order valence-electron chi connectivity index (χ0n) is 11.4. The summed E-state index contributed by atoms with van der Waals surface area (Å²) in [5, 5.41) is 8.78. The quantitative estimate of drug-likeness (QED) is 0.874. The Labute approximate surface area is 112 Å². The molecule has 1 aromatic rings. The molecule has 5 nitrogen and oxygen atoms in total. The average molecular weight is 264 g/mol. The van der Waals surface area contributed by atoms with Crippen molar-refractivity contribution < 1.29 is 9.90 Å². The number of rotatable bonds is 3. The summed E-state index contributed by atoms with van der Waals surface area (Å²) in [4.78, 5) is 29.9. The molecule has 0 amide bonds. The number of aliphatic carboxylic acids is 1. The van der Waals surface area contributed by atoms with Gasteiger partial charge in [0.25, 0.3) is 5.56 Å². The van der Waals surface area contributed by atoms with Gasteiger partial charge in [-0.2, -0.15) is 0 Å². The first-order valence-corrected chi connectivity index (χ1v) is 6.79. The topological polar surface area (TPSA) is 83.0 Å². The molecule has 0 aromatic carbocycles. The van der Waals surface area contributed by atoms with Gasteiger partial charge in [-0.05, 0) is 25.7 Å². The second-order valence-corrected chi connectivity index (χ2v) is 5.54. The molecule has 0 aliphatic heterocycles. The Hall–Kier alpha value is -1.65. The van der Waals surface area contributed by atoms with E-state index in [-0.39, 0.29) is 17.5 Å². The highest BCUT2D eigenvalue weighted by Crippen LogP contribution is 2.33. The fourth-order valence-electron chi connectivity index (χ4n) is 2.72. The fourth-order valence-corrected chi connectivity index (χ4v) is 2.72. The molecule has 0 unspecified atom stereocenters. The molecule has 0 spiro atoms. The number of nitrogens with one attached hydrogen (secondary N) is 1. The second-order valence-electron chi connectivity index (χ2n) is 5.54. The minimum atomic E-state index is -1.00. The molecule has 0 saturated heterocycles. The molecule has 1 aliphatic rings. The SMILES string of the molecule is Cc1nc(C2CCC(C)CC2)[nH]c(=O)c1CC(=O)O. The van der Waals surface area contributed by atoms with E-state index in [2.05, 4.69) is 16.9 Å². The largest absolute Gasteiger partial charge is 0.481 e. The molecule has 2 N–H and O–H groups in total. The molecule has 5 heteroatoms. The van der Waals surface area contributed by atoms with Crippen LogP contribution >= 0.6 is 0 Å². The standard InChI is InChI=1S/C14H20N2O3/c1-8-3-5-10(6-4-8)13-15-9(2)11(7-12(17)18)14(19)16-13/h8,10H,3-7H2,1-2H3,(H,17,18)(H,15,16,19). The van der Waals surface area contributed by atoms with Crippen LogP contribution in [0.3, 0.4) is 0 Å². The summed E-state index contributed by atoms with van der Waals surface area (Å²) in [5.74, 6) is 0.773. The maximum Gasteiger partial charge on any atom is 0.308 e. The molecule has 0 radical (unpaired) electrons. The van der Waals surface area contributed by atoms with Gasteiger partial charge in [0.1, 0.15) is 5.82 Å². The van der Waals surface area contributed by atoms with Gasteiger partial charge in [-0.3, -0.25) is 9.59 Å². The average Bonchev–Trinajstić information content (AvgIpc) is 2.34. The van der Waals surface area contributed by atoms with Crippen molar-refractivity contribution in [1.29, 1.82) is 0 Å². The second kappa shape index (κ2) is 5.55. The number of carbonyl (C=O) groups is 1. The van der Waals surface area contributed by atoms with Crippen LogP contribution in [-0.2, 0) is 11.2 Å². The van der Waals surface area contributed by atoms with Crippen LogP contribution in [0.15, 0.2) is 4.79 Å². The van der Waals surface area contributed by atoms with E-state index >= 15 is 0 Å². The number of aromatic nitrogens is 2. The third-order valence-corrected chi connectivity index (χ3v) is 3.97. The number of carboxylic acids is 1. The maximum atomic E-state index is 11.9. The van der Waals surface area contributed by atoms with Gasteiger partial charge in [-0.15, -0.1) is 0 Å². The van der Waals surface area contributed by atoms with E-state index in [0.717, 1.165) is 37.4 Å². The van der Waals surface area contributed by atoms with E-state index in [1.807, 2.05) is 0 Å². The number of H-pyrrole nitrogens is 1. The van der Waals surface area contributed by atoms with Gasteiger partial charge in [-0.25, -0.2) is 4.98 Å². The first kappa shape index (κ1) is 13.8. The zero-order chi connectivity index (χ0) is 14.0. The number of hydrogen-bond acceptors (Lipinski definition) is 3. The molecular formula is C14H20N2O3. The van der Waals surface area contributed by atoms with Crippen LogP contribution in [0.5, 0.6) is 0 Å². The zero-order valence-corrected chi connectivity index (χ0v) is 11.4. The van der Waals surface area contributed by atoms with Gasteiger partial charge < -0.3 is 10.1 Å². The summed E-state index contributed by atoms with van der Waals surface area (Å²) >= 11 is 0. The molecule has 1 aromatic heterocycles. The Bertz CT molecular complexity index is 528. The summed E-state index contributed by atoms with van der Waals surface area (Å²) in [6, 6.07) is 0. The van der Waals surface area contributed by atoms with E-state index in [0.29, 0.717) is 11.6 Å². The summed E-state index contributed by atoms with van der Waals surface area (Å²) in [6.45, 7) is 3.95. The summed E-state index contributed by atoms with van der Waals surface area (Å²) in [7, 11) is 0. The Balaban J connectivity index is 2.24. The van der Waals surface area contributed by atoms with Crippen molar-refractivity contribution in [3.05, 3.63) is 27.4 Å². The van der Waals surface area contributed by atoms with Gasteiger partial charge in [0.15, 0.2) is 0 Å². The van der Waals surface area contributed by atoms with Crippen molar-refractivity contribution in [3.63, 3.8) is 0 Å². The summed E-state index contributed by atoms with van der Waals surface area (Å²) in [5.41, 5.74) is 0.503. The highest BCUT2D eigenvalue weighted by Gasteiger charge is 2.23. The molecule has 1 aliphatic carbocycles. The van der Waals surface area contributed by atoms with Gasteiger partial charge in [-0.1, -0.05) is 19.8 Å². The van der Waals surface area contributed by atoms with Crippen LogP contribution < -0.4 is 5.56 Å². The third-order valence-electron chi connectivity index (χ3n) is 3.97. The van der Waals surface area contributed by atoms with Crippen molar-refractivity contribution in [3.8, 4) is 0 Å². The fraction of sp³-hybridized carbons (Fsp3) is 0.643. The molecule has 1 fully saturated rings. The molecule has 1 heterocycles. The smallest absolute Gasteiger partial charge is 0.308 e. The van der Waals surface area contributed by atoms with Crippen LogP contribution in [-0.4, -0.2) is 21.0 Å². The third kappa shape index (κ3) is 3.22. The number of nitrogens with zero attached hydrogens (tertiary/aromatic N) is 1. The van der Waals surface area contributed by atoms with Gasteiger partial charge in [0, 0.05) is 17.2 Å². The minimum absolute atomic E-state index is 0.264. The lowest BCUT2D eigenvalue weighted by atomic mass is 9.82. The normalized spacial score (nSPS) is 23.3. The van der Waals surface area contributed by atoms with E-state index in [1.165, 1.54) is 0 Å². The van der Waals surface area contributed by atoms with E-state index in [4.69, 9.17) is 5.11 Å². The molecular weight excluding hydrogens is 244 g/mol. The molecule has 2 rings (SSSR count). The Kier molecular flexibility index (Phi) is 4.02. The van der Waals surface area contributed by atoms with Crippen LogP contribution in [0.1, 0.15) is 55.6 Å². The maximum absolute atomic E-state index is 11.9. The predicted molar refractivity (Wildman–Crippen MR) is 71.3 cm³/mol. The Morgan fingerprint density at radius 3 is 2.53 bits per heavy atom. The van der Waals surface area contributed by atoms with Gasteiger partial charge in [0.05, 0.1) is 6.42 Å². The first-order valence-electron chi connectivity index (χ1n) is 6.79. The van der Waals surface area contributed by atoms with E-state index < -0.39 is 5.97 Å². The van der Waals surface area contributed by atoms with Crippen LogP contribution in [0.2, 0.25) is 0 Å². The lowest BCUT2D eigenvalue weighted by Gasteiger charge is -2.25. The lowest BCUT2D eigenvalue weighted by molar-refractivity contribution is -0.136. The van der Waals surface area contributed by atoms with Crippen molar-refractivity contribution in [1.82, 2.24) is 9.97 Å². The van der Waals surface area contributed by atoms with Crippen molar-refractivity contribution in [2.24, 2.45) is 5.92 Å². The highest BCUT2D eigenvalue weighted by atomic mass is 16.4. The van der Waals surface area contributed by atoms with Crippen LogP contribution in [0.4, 0.5) is 0 Å². The number of aromatic amines is 1. The highest BCUT2D eigenvalue weighted by molar-refractivity contribution is 5.70. The molecule has 0 atom stereocenters. The number of hydrogen-bond donors (Lipinski definition) is 2. The summed E-state index contributed by atoms with van der Waals surface area (Å²) < 4.78 is 0. The predicted octanol–water partition coefficient (Wildman–Crippen LogP) is 2.00. The Morgan fingerprint density at radius 1 is 1.37 bits per heavy atom. The number of aryl methyl sites for hydroxylation is 1. The monoisotopic (exact) mass is 264 g/mol. The minimum Gasteiger partial charge on any atom is -0.481 e. The number of carboxylic acid groups (broad SMARTS) is 1. The molecule has 0 bridgehead atoms. The first-order chi connectivity index (χ1) is 8.97. The molecule has 19 heavy (non-hydrogen) atoms. The van der Waals surface area contributed by atoms with Crippen molar-refractivity contribution in [2.45, 2.75) is 51.9 Å². The summed E-state index contributed by atoms with van der Waals surface area (Å²) in [6.07, 6.45) is 4.13.